The molecule has 1 N–H and O–H groups in total. The van der Waals surface area contributed by atoms with Gasteiger partial charge >= 0.3 is 0 Å². The lowest BCUT2D eigenvalue weighted by Crippen LogP contribution is -2.25. The summed E-state index contributed by atoms with van der Waals surface area (Å²) in [6.45, 7) is 0.322. The van der Waals surface area contributed by atoms with E-state index < -0.39 is 0 Å². The fourth-order valence-electron chi connectivity index (χ4n) is 1.83. The van der Waals surface area contributed by atoms with Crippen LogP contribution in [0.25, 0.3) is 0 Å². The Morgan fingerprint density at radius 2 is 2.19 bits per heavy atom. The standard InChI is InChI=1S/C13H12BrNO/c1-2-7-15-13(16)12-8-11(12)9-3-5-10(14)6-4-9/h1,3-6,11-12H,7-8H2,(H,15,16)/t11-,12-/m0/s1. The average Bonchev–Trinajstić information content (AvgIpc) is 3.07. The van der Waals surface area contributed by atoms with Gasteiger partial charge in [-0.15, -0.1) is 6.42 Å². The SMILES string of the molecule is C#CCNC(=O)[C@H]1C[C@H]1c1ccc(Br)cc1. The van der Waals surface area contributed by atoms with E-state index >= 15 is 0 Å². The molecule has 0 saturated heterocycles. The summed E-state index contributed by atoms with van der Waals surface area (Å²) >= 11 is 3.39. The van der Waals surface area contributed by atoms with E-state index in [0.29, 0.717) is 12.5 Å². The molecule has 2 atom stereocenters. The highest BCUT2D eigenvalue weighted by Gasteiger charge is 2.43. The number of hydrogen-bond acceptors (Lipinski definition) is 1. The van der Waals surface area contributed by atoms with Crippen LogP contribution in [0.3, 0.4) is 0 Å². The van der Waals surface area contributed by atoms with Crippen LogP contribution < -0.4 is 5.32 Å². The summed E-state index contributed by atoms with van der Waals surface area (Å²) in [6.07, 6.45) is 6.02. The Morgan fingerprint density at radius 1 is 1.50 bits per heavy atom. The average molecular weight is 278 g/mol. The fourth-order valence-corrected chi connectivity index (χ4v) is 2.10. The molecule has 0 heterocycles. The second kappa shape index (κ2) is 4.71. The Morgan fingerprint density at radius 3 is 2.81 bits per heavy atom. The monoisotopic (exact) mass is 277 g/mol. The molecule has 0 unspecified atom stereocenters. The van der Waals surface area contributed by atoms with Gasteiger partial charge in [-0.3, -0.25) is 4.79 Å². The zero-order chi connectivity index (χ0) is 11.5. The number of terminal acetylenes is 1. The normalized spacial score (nSPS) is 22.2. The smallest absolute Gasteiger partial charge is 0.224 e. The molecule has 1 aromatic rings. The first-order chi connectivity index (χ1) is 7.72. The summed E-state index contributed by atoms with van der Waals surface area (Å²) in [5.41, 5.74) is 1.23. The van der Waals surface area contributed by atoms with Crippen molar-refractivity contribution in [2.75, 3.05) is 6.54 Å². The van der Waals surface area contributed by atoms with E-state index in [0.717, 1.165) is 10.9 Å². The second-order valence-electron chi connectivity index (χ2n) is 3.92. The van der Waals surface area contributed by atoms with E-state index in [1.165, 1.54) is 5.56 Å². The molecule has 2 nitrogen and oxygen atoms in total. The lowest BCUT2D eigenvalue weighted by atomic mass is 10.1. The van der Waals surface area contributed by atoms with Gasteiger partial charge in [0.2, 0.25) is 5.91 Å². The van der Waals surface area contributed by atoms with Crippen molar-refractivity contribution in [2.24, 2.45) is 5.92 Å². The zero-order valence-electron chi connectivity index (χ0n) is 8.74. The Labute approximate surface area is 104 Å². The predicted molar refractivity (Wildman–Crippen MR) is 66.8 cm³/mol. The lowest BCUT2D eigenvalue weighted by Gasteiger charge is -2.01. The lowest BCUT2D eigenvalue weighted by molar-refractivity contribution is -0.122. The first-order valence-corrected chi connectivity index (χ1v) is 5.98. The molecular formula is C13H12BrNO. The molecule has 16 heavy (non-hydrogen) atoms. The third-order valence-corrected chi connectivity index (χ3v) is 3.32. The number of nitrogens with one attached hydrogen (secondary N) is 1. The fraction of sp³-hybridized carbons (Fsp3) is 0.308. The van der Waals surface area contributed by atoms with Crippen molar-refractivity contribution < 1.29 is 4.79 Å². The number of amides is 1. The largest absolute Gasteiger partial charge is 0.345 e. The summed E-state index contributed by atoms with van der Waals surface area (Å²) in [5.74, 6) is 2.95. The van der Waals surface area contributed by atoms with E-state index in [4.69, 9.17) is 6.42 Å². The molecule has 0 bridgehead atoms. The van der Waals surface area contributed by atoms with Crippen molar-refractivity contribution in [3.05, 3.63) is 34.3 Å². The van der Waals surface area contributed by atoms with Gasteiger partial charge in [-0.25, -0.2) is 0 Å². The van der Waals surface area contributed by atoms with Crippen LogP contribution in [-0.2, 0) is 4.79 Å². The van der Waals surface area contributed by atoms with Gasteiger partial charge in [0.1, 0.15) is 0 Å². The first kappa shape index (κ1) is 11.2. The molecule has 1 aliphatic carbocycles. The second-order valence-corrected chi connectivity index (χ2v) is 4.84. The molecule has 0 radical (unpaired) electrons. The third-order valence-electron chi connectivity index (χ3n) is 2.79. The summed E-state index contributed by atoms with van der Waals surface area (Å²) in [7, 11) is 0. The molecule has 0 aromatic heterocycles. The Kier molecular flexibility index (Phi) is 3.31. The minimum absolute atomic E-state index is 0.0749. The third kappa shape index (κ3) is 2.45. The maximum atomic E-state index is 11.6. The van der Waals surface area contributed by atoms with Crippen molar-refractivity contribution in [3.8, 4) is 12.3 Å². The van der Waals surface area contributed by atoms with Crippen molar-refractivity contribution in [1.29, 1.82) is 0 Å². The van der Waals surface area contributed by atoms with Gasteiger partial charge in [-0.1, -0.05) is 34.0 Å². The van der Waals surface area contributed by atoms with Gasteiger partial charge < -0.3 is 5.32 Å². The van der Waals surface area contributed by atoms with Crippen molar-refractivity contribution in [2.45, 2.75) is 12.3 Å². The molecule has 82 valence electrons. The number of hydrogen-bond donors (Lipinski definition) is 1. The van der Waals surface area contributed by atoms with Crippen LogP contribution in [0.15, 0.2) is 28.7 Å². The molecule has 1 fully saturated rings. The molecule has 0 spiro atoms. The molecule has 0 aliphatic heterocycles. The van der Waals surface area contributed by atoms with E-state index in [2.05, 4.69) is 39.3 Å². The molecule has 1 aromatic carbocycles. The van der Waals surface area contributed by atoms with Crippen LogP contribution in [0.4, 0.5) is 0 Å². The maximum Gasteiger partial charge on any atom is 0.224 e. The first-order valence-electron chi connectivity index (χ1n) is 5.19. The van der Waals surface area contributed by atoms with Gasteiger partial charge in [0.05, 0.1) is 6.54 Å². The zero-order valence-corrected chi connectivity index (χ0v) is 10.3. The van der Waals surface area contributed by atoms with E-state index in [1.54, 1.807) is 0 Å². The Bertz CT molecular complexity index is 432. The molecule has 1 aliphatic rings. The summed E-state index contributed by atoms with van der Waals surface area (Å²) in [5, 5.41) is 2.72. The van der Waals surface area contributed by atoms with Crippen LogP contribution in [0, 0.1) is 18.3 Å². The summed E-state index contributed by atoms with van der Waals surface area (Å²) in [6, 6.07) is 8.13. The van der Waals surface area contributed by atoms with E-state index in [1.807, 2.05) is 12.1 Å². The van der Waals surface area contributed by atoms with Crippen LogP contribution in [0.2, 0.25) is 0 Å². The molecule has 3 heteroatoms. The van der Waals surface area contributed by atoms with Crippen molar-refractivity contribution in [1.82, 2.24) is 5.32 Å². The van der Waals surface area contributed by atoms with Gasteiger partial charge in [0.25, 0.3) is 0 Å². The highest BCUT2D eigenvalue weighted by atomic mass is 79.9. The minimum Gasteiger partial charge on any atom is -0.345 e. The van der Waals surface area contributed by atoms with E-state index in [9.17, 15) is 4.79 Å². The van der Waals surface area contributed by atoms with Crippen molar-refractivity contribution >= 4 is 21.8 Å². The quantitative estimate of drug-likeness (QED) is 0.845. The molecule has 1 amide bonds. The van der Waals surface area contributed by atoms with Gasteiger partial charge in [0.15, 0.2) is 0 Å². The Balaban J connectivity index is 1.94. The number of carbonyl (C=O) groups excluding carboxylic acids is 1. The van der Waals surface area contributed by atoms with Gasteiger partial charge in [-0.2, -0.15) is 0 Å². The van der Waals surface area contributed by atoms with Crippen LogP contribution in [0.1, 0.15) is 17.9 Å². The summed E-state index contributed by atoms with van der Waals surface area (Å²) in [4.78, 5) is 11.6. The number of rotatable bonds is 3. The van der Waals surface area contributed by atoms with Crippen LogP contribution >= 0.6 is 15.9 Å². The van der Waals surface area contributed by atoms with Crippen LogP contribution in [-0.4, -0.2) is 12.5 Å². The topological polar surface area (TPSA) is 29.1 Å². The number of halogens is 1. The minimum atomic E-state index is 0.0749. The molecule has 1 saturated carbocycles. The number of benzene rings is 1. The van der Waals surface area contributed by atoms with Crippen molar-refractivity contribution in [3.63, 3.8) is 0 Å². The number of carbonyl (C=O) groups is 1. The van der Waals surface area contributed by atoms with E-state index in [-0.39, 0.29) is 11.8 Å². The highest BCUT2D eigenvalue weighted by molar-refractivity contribution is 9.10. The van der Waals surface area contributed by atoms with Crippen LogP contribution in [0.5, 0.6) is 0 Å². The highest BCUT2D eigenvalue weighted by Crippen LogP contribution is 2.47. The van der Waals surface area contributed by atoms with Gasteiger partial charge in [0, 0.05) is 10.4 Å². The van der Waals surface area contributed by atoms with Gasteiger partial charge in [-0.05, 0) is 30.0 Å². The maximum absolute atomic E-state index is 11.6. The predicted octanol–water partition coefficient (Wildman–Crippen LogP) is 2.30. The molecule has 2 rings (SSSR count). The molecular weight excluding hydrogens is 266 g/mol. The summed E-state index contributed by atoms with van der Waals surface area (Å²) < 4.78 is 1.06. The Hall–Kier alpha value is -1.27.